The predicted octanol–water partition coefficient (Wildman–Crippen LogP) is 7.13. The molecule has 1 fully saturated rings. The average Bonchev–Trinajstić information content (AvgIpc) is 2.90. The number of hydrogen-bond donors (Lipinski definition) is 2. The average molecular weight is 552 g/mol. The van der Waals surface area contributed by atoms with E-state index in [4.69, 9.17) is 21.3 Å². The Morgan fingerprint density at radius 3 is 2.38 bits per heavy atom. The third kappa shape index (κ3) is 7.07. The SMILES string of the molecule is CC(=O)NC1CC=C(c2ccc(-c3nc(N=COC4CCC(C(C)(C)C(=O)O)CC4)c(C)cc3Cl)cc2)CC1. The fourth-order valence-corrected chi connectivity index (χ4v) is 5.84. The number of halogens is 1. The van der Waals surface area contributed by atoms with Gasteiger partial charge in [0.2, 0.25) is 5.91 Å². The number of aliphatic carboxylic acids is 1. The molecule has 208 valence electrons. The van der Waals surface area contributed by atoms with Gasteiger partial charge in [-0.15, -0.1) is 0 Å². The molecule has 1 aromatic carbocycles. The molecule has 0 radical (unpaired) electrons. The van der Waals surface area contributed by atoms with Crippen LogP contribution >= 0.6 is 11.6 Å². The van der Waals surface area contributed by atoms with Gasteiger partial charge in [-0.1, -0.05) is 41.9 Å². The van der Waals surface area contributed by atoms with E-state index in [1.807, 2.05) is 25.1 Å². The van der Waals surface area contributed by atoms with Gasteiger partial charge >= 0.3 is 5.97 Å². The quantitative estimate of drug-likeness (QED) is 0.268. The van der Waals surface area contributed by atoms with Crippen LogP contribution in [-0.4, -0.2) is 40.5 Å². The van der Waals surface area contributed by atoms with Crippen LogP contribution in [0.4, 0.5) is 5.82 Å². The number of ether oxygens (including phenoxy) is 1. The van der Waals surface area contributed by atoms with Crippen LogP contribution in [0.3, 0.4) is 0 Å². The molecule has 8 heteroatoms. The molecular weight excluding hydrogens is 514 g/mol. The number of rotatable bonds is 8. The van der Waals surface area contributed by atoms with Crippen LogP contribution in [0.15, 0.2) is 41.4 Å². The number of amides is 1. The van der Waals surface area contributed by atoms with Gasteiger partial charge in [0.25, 0.3) is 0 Å². The molecule has 0 saturated heterocycles. The van der Waals surface area contributed by atoms with Crippen LogP contribution in [0.5, 0.6) is 0 Å². The van der Waals surface area contributed by atoms with E-state index >= 15 is 0 Å². The van der Waals surface area contributed by atoms with Crippen LogP contribution in [0.2, 0.25) is 5.02 Å². The summed E-state index contributed by atoms with van der Waals surface area (Å²) in [5, 5.41) is 13.1. The lowest BCUT2D eigenvalue weighted by molar-refractivity contribution is -0.151. The van der Waals surface area contributed by atoms with Crippen LogP contribution in [0.1, 0.15) is 76.8 Å². The van der Waals surface area contributed by atoms with Crippen molar-refractivity contribution in [1.82, 2.24) is 10.3 Å². The maximum atomic E-state index is 11.6. The third-order valence-electron chi connectivity index (χ3n) is 8.16. The van der Waals surface area contributed by atoms with Gasteiger partial charge in [0.15, 0.2) is 12.2 Å². The largest absolute Gasteiger partial charge is 0.481 e. The molecule has 0 bridgehead atoms. The molecule has 1 unspecified atom stereocenters. The summed E-state index contributed by atoms with van der Waals surface area (Å²) in [4.78, 5) is 32.1. The molecule has 0 aliphatic heterocycles. The first-order chi connectivity index (χ1) is 18.5. The Labute approximate surface area is 235 Å². The van der Waals surface area contributed by atoms with Crippen molar-refractivity contribution in [3.63, 3.8) is 0 Å². The van der Waals surface area contributed by atoms with Crippen molar-refractivity contribution in [1.29, 1.82) is 0 Å². The van der Waals surface area contributed by atoms with Crippen molar-refractivity contribution in [3.05, 3.63) is 52.6 Å². The number of allylic oxidation sites excluding steroid dienone is 1. The minimum atomic E-state index is -0.744. The molecule has 0 spiro atoms. The number of aliphatic imine (C=N–C) groups is 1. The lowest BCUT2D eigenvalue weighted by atomic mass is 9.70. The first-order valence-corrected chi connectivity index (χ1v) is 14.1. The molecule has 1 heterocycles. The van der Waals surface area contributed by atoms with Crippen molar-refractivity contribution in [2.45, 2.75) is 84.8 Å². The minimum absolute atomic E-state index is 0.0168. The number of carbonyl (C=O) groups is 2. The Kier molecular flexibility index (Phi) is 9.11. The molecular formula is C31H38ClN3O4. The van der Waals surface area contributed by atoms with E-state index < -0.39 is 11.4 Å². The smallest absolute Gasteiger partial charge is 0.309 e. The number of nitrogens with one attached hydrogen (secondary N) is 1. The van der Waals surface area contributed by atoms with Gasteiger partial charge in [-0.2, -0.15) is 0 Å². The second-order valence-corrected chi connectivity index (χ2v) is 11.7. The second-order valence-electron chi connectivity index (χ2n) is 11.3. The standard InChI is InChI=1S/C31H38ClN3O4/c1-19-17-27(32)28(23-7-5-21(6-8-23)22-9-13-25(14-10-22)34-20(2)36)35-29(19)33-18-39-26-15-11-24(12-16-26)31(3,4)30(37)38/h5-9,17-18,24-26H,10-16H2,1-4H3,(H,34,36)(H,37,38). The Balaban J connectivity index is 1.39. The highest BCUT2D eigenvalue weighted by Gasteiger charge is 2.39. The number of carbonyl (C=O) groups excluding carboxylic acids is 1. The van der Waals surface area contributed by atoms with E-state index in [1.54, 1.807) is 20.8 Å². The molecule has 4 rings (SSSR count). The molecule has 2 aromatic rings. The van der Waals surface area contributed by atoms with Gasteiger partial charge < -0.3 is 15.2 Å². The molecule has 7 nitrogen and oxygen atoms in total. The summed E-state index contributed by atoms with van der Waals surface area (Å²) in [6, 6.07) is 10.3. The van der Waals surface area contributed by atoms with Crippen molar-refractivity contribution in [2.75, 3.05) is 0 Å². The molecule has 39 heavy (non-hydrogen) atoms. The summed E-state index contributed by atoms with van der Waals surface area (Å²) in [6.45, 7) is 7.09. The van der Waals surface area contributed by atoms with E-state index in [9.17, 15) is 14.7 Å². The van der Waals surface area contributed by atoms with Crippen molar-refractivity contribution < 1.29 is 19.4 Å². The van der Waals surface area contributed by atoms with Gasteiger partial charge in [-0.25, -0.2) is 9.98 Å². The van der Waals surface area contributed by atoms with E-state index in [0.29, 0.717) is 16.5 Å². The normalized spacial score (nSPS) is 21.9. The first kappa shape index (κ1) is 28.8. The van der Waals surface area contributed by atoms with Crippen molar-refractivity contribution in [2.24, 2.45) is 16.3 Å². The maximum Gasteiger partial charge on any atom is 0.309 e. The minimum Gasteiger partial charge on any atom is -0.481 e. The number of carboxylic acids is 1. The number of benzene rings is 1. The number of carboxylic acid groups (broad SMARTS) is 1. The highest BCUT2D eigenvalue weighted by molar-refractivity contribution is 6.33. The second kappa shape index (κ2) is 12.3. The van der Waals surface area contributed by atoms with E-state index in [1.165, 1.54) is 12.0 Å². The summed E-state index contributed by atoms with van der Waals surface area (Å²) < 4.78 is 5.91. The lowest BCUT2D eigenvalue weighted by Crippen LogP contribution is -2.36. The third-order valence-corrected chi connectivity index (χ3v) is 8.45. The van der Waals surface area contributed by atoms with E-state index in [2.05, 4.69) is 28.5 Å². The van der Waals surface area contributed by atoms with Gasteiger partial charge in [-0.05, 0) is 94.4 Å². The summed E-state index contributed by atoms with van der Waals surface area (Å²) in [5.74, 6) is -0.0246. The number of aromatic nitrogens is 1. The van der Waals surface area contributed by atoms with Gasteiger partial charge in [-0.3, -0.25) is 9.59 Å². The van der Waals surface area contributed by atoms with Crippen LogP contribution in [0.25, 0.3) is 16.8 Å². The van der Waals surface area contributed by atoms with E-state index in [-0.39, 0.29) is 24.0 Å². The van der Waals surface area contributed by atoms with E-state index in [0.717, 1.165) is 61.6 Å². The van der Waals surface area contributed by atoms with Crippen LogP contribution in [0, 0.1) is 18.3 Å². The number of nitrogens with zero attached hydrogens (tertiary/aromatic N) is 2. The van der Waals surface area contributed by atoms with Gasteiger partial charge in [0, 0.05) is 18.5 Å². The Morgan fingerprint density at radius 1 is 1.13 bits per heavy atom. The summed E-state index contributed by atoms with van der Waals surface area (Å²) in [5.41, 5.74) is 4.16. The maximum absolute atomic E-state index is 11.6. The zero-order chi connectivity index (χ0) is 28.2. The highest BCUT2D eigenvalue weighted by Crippen LogP contribution is 2.39. The molecule has 1 aromatic heterocycles. The molecule has 1 atom stereocenters. The Bertz CT molecular complexity index is 1260. The molecule has 2 aliphatic carbocycles. The predicted molar refractivity (Wildman–Crippen MR) is 155 cm³/mol. The zero-order valence-electron chi connectivity index (χ0n) is 23.2. The van der Waals surface area contributed by atoms with Crippen LogP contribution in [-0.2, 0) is 14.3 Å². The fourth-order valence-electron chi connectivity index (χ4n) is 5.52. The lowest BCUT2D eigenvalue weighted by Gasteiger charge is -2.35. The zero-order valence-corrected chi connectivity index (χ0v) is 23.9. The topological polar surface area (TPSA) is 101 Å². The molecule has 2 N–H and O–H groups in total. The van der Waals surface area contributed by atoms with Gasteiger partial charge in [0.1, 0.15) is 0 Å². The first-order valence-electron chi connectivity index (χ1n) is 13.7. The molecule has 1 saturated carbocycles. The van der Waals surface area contributed by atoms with Crippen molar-refractivity contribution >= 4 is 41.3 Å². The summed E-state index contributed by atoms with van der Waals surface area (Å²) >= 11 is 6.58. The Hall–Kier alpha value is -3.19. The monoisotopic (exact) mass is 551 g/mol. The fraction of sp³-hybridized carbons (Fsp3) is 0.484. The highest BCUT2D eigenvalue weighted by atomic mass is 35.5. The Morgan fingerprint density at radius 2 is 1.79 bits per heavy atom. The number of aryl methyl sites for hydroxylation is 1. The number of hydrogen-bond acceptors (Lipinski definition) is 5. The summed E-state index contributed by atoms with van der Waals surface area (Å²) in [6.07, 6.45) is 9.66. The van der Waals surface area contributed by atoms with Gasteiger partial charge in [0.05, 0.1) is 22.2 Å². The molecule has 2 aliphatic rings. The number of pyridine rings is 1. The van der Waals surface area contributed by atoms with Crippen LogP contribution < -0.4 is 5.32 Å². The summed E-state index contributed by atoms with van der Waals surface area (Å²) in [7, 11) is 0. The van der Waals surface area contributed by atoms with Crippen molar-refractivity contribution in [3.8, 4) is 11.3 Å². The molecule has 1 amide bonds.